The molecule has 0 radical (unpaired) electrons. The number of aryl methyl sites for hydroxylation is 1. The topological polar surface area (TPSA) is 40.6 Å². The van der Waals surface area contributed by atoms with Crippen LogP contribution in [-0.4, -0.2) is 29.9 Å². The largest absolute Gasteiger partial charge is 0.324 e. The Hall–Kier alpha value is -2.62. The molecule has 0 unspecified atom stereocenters. The molecule has 0 aromatic heterocycles. The number of benzene rings is 2. The lowest BCUT2D eigenvalue weighted by Crippen LogP contribution is -2.42. The zero-order valence-electron chi connectivity index (χ0n) is 13.2. The molecule has 3 rings (SSSR count). The van der Waals surface area contributed by atoms with Crippen LogP contribution < -0.4 is 4.90 Å². The fourth-order valence-electron chi connectivity index (χ4n) is 2.85. The van der Waals surface area contributed by atoms with Crippen molar-refractivity contribution < 1.29 is 9.59 Å². The van der Waals surface area contributed by atoms with E-state index in [1.165, 1.54) is 0 Å². The van der Waals surface area contributed by atoms with Crippen molar-refractivity contribution >= 4 is 17.5 Å². The molecular weight excluding hydrogens is 288 g/mol. The van der Waals surface area contributed by atoms with E-state index >= 15 is 0 Å². The maximum atomic E-state index is 13.0. The maximum Gasteiger partial charge on any atom is 0.260 e. The number of rotatable bonds is 4. The van der Waals surface area contributed by atoms with Gasteiger partial charge < -0.3 is 4.90 Å². The van der Waals surface area contributed by atoms with Crippen molar-refractivity contribution in [3.63, 3.8) is 0 Å². The summed E-state index contributed by atoms with van der Waals surface area (Å²) in [6.45, 7) is 2.94. The Labute approximate surface area is 136 Å². The third-order valence-corrected chi connectivity index (χ3v) is 4.17. The first-order valence-electron chi connectivity index (χ1n) is 7.87. The van der Waals surface area contributed by atoms with E-state index in [4.69, 9.17) is 0 Å². The highest BCUT2D eigenvalue weighted by atomic mass is 16.2. The molecule has 0 N–H and O–H groups in total. The molecule has 118 valence electrons. The van der Waals surface area contributed by atoms with Crippen LogP contribution in [0.3, 0.4) is 0 Å². The second kappa shape index (κ2) is 6.65. The molecule has 0 saturated carbocycles. The van der Waals surface area contributed by atoms with Crippen LogP contribution in [0, 0.1) is 6.92 Å². The molecular formula is C19H20N2O2. The monoisotopic (exact) mass is 308 g/mol. The number of carbonyl (C=O) groups is 2. The minimum absolute atomic E-state index is 0.0750. The Morgan fingerprint density at radius 3 is 2.43 bits per heavy atom. The average molecular weight is 308 g/mol. The van der Waals surface area contributed by atoms with Crippen molar-refractivity contribution in [1.82, 2.24) is 4.90 Å². The smallest absolute Gasteiger partial charge is 0.260 e. The van der Waals surface area contributed by atoms with Gasteiger partial charge in [0.15, 0.2) is 0 Å². The highest BCUT2D eigenvalue weighted by Gasteiger charge is 2.26. The summed E-state index contributed by atoms with van der Waals surface area (Å²) in [6, 6.07) is 17.1. The van der Waals surface area contributed by atoms with Crippen LogP contribution >= 0.6 is 0 Å². The van der Waals surface area contributed by atoms with E-state index in [1.807, 2.05) is 61.5 Å². The van der Waals surface area contributed by atoms with Gasteiger partial charge in [-0.2, -0.15) is 0 Å². The zero-order valence-corrected chi connectivity index (χ0v) is 13.2. The van der Waals surface area contributed by atoms with E-state index < -0.39 is 0 Å². The summed E-state index contributed by atoms with van der Waals surface area (Å²) in [6.07, 6.45) is 1.43. The number of anilines is 1. The molecule has 1 fully saturated rings. The Bertz CT molecular complexity index is 712. The molecule has 4 nitrogen and oxygen atoms in total. The number of para-hydroxylation sites is 1. The summed E-state index contributed by atoms with van der Waals surface area (Å²) in [5.41, 5.74) is 2.41. The van der Waals surface area contributed by atoms with E-state index in [9.17, 15) is 9.59 Å². The van der Waals surface area contributed by atoms with Crippen molar-refractivity contribution in [2.75, 3.05) is 18.1 Å². The van der Waals surface area contributed by atoms with Gasteiger partial charge in [0.05, 0.1) is 0 Å². The summed E-state index contributed by atoms with van der Waals surface area (Å²) in [5, 5.41) is 0. The number of carbonyl (C=O) groups excluding carboxylic acids is 2. The van der Waals surface area contributed by atoms with Crippen LogP contribution in [0.25, 0.3) is 0 Å². The summed E-state index contributed by atoms with van der Waals surface area (Å²) >= 11 is 0. The van der Waals surface area contributed by atoms with Gasteiger partial charge in [0.1, 0.15) is 6.67 Å². The fraction of sp³-hybridized carbons (Fsp3) is 0.263. The minimum atomic E-state index is -0.0750. The first kappa shape index (κ1) is 15.3. The molecule has 2 amide bonds. The third-order valence-electron chi connectivity index (χ3n) is 4.17. The first-order chi connectivity index (χ1) is 11.2. The van der Waals surface area contributed by atoms with E-state index in [0.717, 1.165) is 17.7 Å². The van der Waals surface area contributed by atoms with E-state index in [-0.39, 0.29) is 11.8 Å². The van der Waals surface area contributed by atoms with Gasteiger partial charge in [-0.3, -0.25) is 14.5 Å². The molecule has 1 aliphatic rings. The average Bonchev–Trinajstić information content (AvgIpc) is 2.98. The number of amides is 2. The van der Waals surface area contributed by atoms with E-state index in [1.54, 1.807) is 9.80 Å². The van der Waals surface area contributed by atoms with Crippen molar-refractivity contribution in [3.8, 4) is 0 Å². The molecule has 0 atom stereocenters. The van der Waals surface area contributed by atoms with Crippen molar-refractivity contribution in [1.29, 1.82) is 0 Å². The molecule has 2 aromatic carbocycles. The number of hydrogen-bond acceptors (Lipinski definition) is 2. The Morgan fingerprint density at radius 1 is 1.09 bits per heavy atom. The van der Waals surface area contributed by atoms with Crippen LogP contribution in [0.2, 0.25) is 0 Å². The third kappa shape index (κ3) is 3.26. The lowest BCUT2D eigenvalue weighted by molar-refractivity contribution is -0.127. The van der Waals surface area contributed by atoms with Crippen molar-refractivity contribution in [3.05, 3.63) is 65.7 Å². The molecule has 1 aliphatic heterocycles. The zero-order chi connectivity index (χ0) is 16.2. The predicted octanol–water partition coefficient (Wildman–Crippen LogP) is 3.22. The lowest BCUT2D eigenvalue weighted by Gasteiger charge is -2.28. The quantitative estimate of drug-likeness (QED) is 0.870. The van der Waals surface area contributed by atoms with Crippen LogP contribution in [0.5, 0.6) is 0 Å². The van der Waals surface area contributed by atoms with Gasteiger partial charge in [0.2, 0.25) is 5.91 Å². The van der Waals surface area contributed by atoms with E-state index in [0.29, 0.717) is 25.2 Å². The minimum Gasteiger partial charge on any atom is -0.324 e. The second-order valence-corrected chi connectivity index (χ2v) is 5.79. The number of likely N-dealkylation sites (tertiary alicyclic amines) is 1. The highest BCUT2D eigenvalue weighted by Crippen LogP contribution is 2.21. The summed E-state index contributed by atoms with van der Waals surface area (Å²) in [4.78, 5) is 28.4. The van der Waals surface area contributed by atoms with Crippen molar-refractivity contribution in [2.45, 2.75) is 19.8 Å². The number of nitrogens with zero attached hydrogens (tertiary/aromatic N) is 2. The summed E-state index contributed by atoms with van der Waals surface area (Å²) in [7, 11) is 0. The first-order valence-corrected chi connectivity index (χ1v) is 7.87. The van der Waals surface area contributed by atoms with Crippen LogP contribution in [0.4, 0.5) is 5.69 Å². The lowest BCUT2D eigenvalue weighted by atomic mass is 10.1. The standard InChI is InChI=1S/C19H20N2O2/c1-15-8-5-6-11-17(15)19(23)21(16-9-3-2-4-10-16)14-20-13-7-12-18(20)22/h2-6,8-11H,7,12-14H2,1H3. The van der Waals surface area contributed by atoms with E-state index in [2.05, 4.69) is 0 Å². The summed E-state index contributed by atoms with van der Waals surface area (Å²) in [5.74, 6) is 0.0394. The normalized spacial score (nSPS) is 14.1. The SMILES string of the molecule is Cc1ccccc1C(=O)N(CN1CCCC1=O)c1ccccc1. The molecule has 0 bridgehead atoms. The van der Waals surface area contributed by atoms with Crippen LogP contribution in [0.15, 0.2) is 54.6 Å². The Morgan fingerprint density at radius 2 is 1.78 bits per heavy atom. The Kier molecular flexibility index (Phi) is 4.42. The van der Waals surface area contributed by atoms with Gasteiger partial charge in [0, 0.05) is 24.2 Å². The van der Waals surface area contributed by atoms with Gasteiger partial charge in [0.25, 0.3) is 5.91 Å². The second-order valence-electron chi connectivity index (χ2n) is 5.79. The maximum absolute atomic E-state index is 13.0. The molecule has 2 aromatic rings. The van der Waals surface area contributed by atoms with Gasteiger partial charge in [-0.1, -0.05) is 36.4 Å². The van der Waals surface area contributed by atoms with Gasteiger partial charge in [-0.25, -0.2) is 0 Å². The van der Waals surface area contributed by atoms with Crippen LogP contribution in [0.1, 0.15) is 28.8 Å². The molecule has 0 spiro atoms. The van der Waals surface area contributed by atoms with Gasteiger partial charge in [-0.05, 0) is 37.1 Å². The molecule has 0 aliphatic carbocycles. The van der Waals surface area contributed by atoms with Gasteiger partial charge >= 0.3 is 0 Å². The molecule has 1 heterocycles. The predicted molar refractivity (Wildman–Crippen MR) is 90.2 cm³/mol. The molecule has 23 heavy (non-hydrogen) atoms. The van der Waals surface area contributed by atoms with Gasteiger partial charge in [-0.15, -0.1) is 0 Å². The van der Waals surface area contributed by atoms with Crippen molar-refractivity contribution in [2.24, 2.45) is 0 Å². The molecule has 1 saturated heterocycles. The molecule has 4 heteroatoms. The fourth-order valence-corrected chi connectivity index (χ4v) is 2.85. The van der Waals surface area contributed by atoms with Crippen LogP contribution in [-0.2, 0) is 4.79 Å². The summed E-state index contributed by atoms with van der Waals surface area (Å²) < 4.78 is 0. The number of hydrogen-bond donors (Lipinski definition) is 0. The highest BCUT2D eigenvalue weighted by molar-refractivity contribution is 6.07. The Balaban J connectivity index is 1.93.